The van der Waals surface area contributed by atoms with E-state index in [9.17, 15) is 29.1 Å². The van der Waals surface area contributed by atoms with Crippen LogP contribution in [0.2, 0.25) is 5.02 Å². The average molecular weight is 673 g/mol. The van der Waals surface area contributed by atoms with E-state index in [0.29, 0.717) is 48.5 Å². The molecule has 1 saturated carbocycles. The first kappa shape index (κ1) is 34.6. The fourth-order valence-electron chi connectivity index (χ4n) is 6.98. The van der Waals surface area contributed by atoms with Crippen LogP contribution in [0.4, 0.5) is 5.69 Å². The number of carboxylic acid groups (broad SMARTS) is 1. The highest BCUT2D eigenvalue weighted by atomic mass is 35.5. The molecule has 3 aromatic carbocycles. The minimum absolute atomic E-state index is 0.0396. The lowest BCUT2D eigenvalue weighted by molar-refractivity contribution is -0.144. The topological polar surface area (TPSA) is 136 Å². The van der Waals surface area contributed by atoms with Crippen molar-refractivity contribution in [2.75, 3.05) is 11.4 Å². The normalized spacial score (nSPS) is 19.2. The molecule has 48 heavy (non-hydrogen) atoms. The number of amides is 4. The number of carboxylic acids is 1. The van der Waals surface area contributed by atoms with Crippen molar-refractivity contribution in [1.29, 1.82) is 0 Å². The maximum absolute atomic E-state index is 14.2. The van der Waals surface area contributed by atoms with Crippen LogP contribution in [0.3, 0.4) is 0 Å². The molecular weight excluding hydrogens is 632 g/mol. The second-order valence-electron chi connectivity index (χ2n) is 12.7. The summed E-state index contributed by atoms with van der Waals surface area (Å²) in [5, 5.41) is 16.2. The predicted octanol–water partition coefficient (Wildman–Crippen LogP) is 5.04. The van der Waals surface area contributed by atoms with E-state index in [2.05, 4.69) is 10.6 Å². The van der Waals surface area contributed by atoms with Gasteiger partial charge in [0, 0.05) is 43.9 Å². The summed E-state index contributed by atoms with van der Waals surface area (Å²) in [6.07, 6.45) is 3.12. The van der Waals surface area contributed by atoms with Crippen molar-refractivity contribution in [1.82, 2.24) is 15.5 Å². The van der Waals surface area contributed by atoms with E-state index in [1.807, 2.05) is 42.5 Å². The first-order valence-electron chi connectivity index (χ1n) is 16.3. The van der Waals surface area contributed by atoms with Gasteiger partial charge in [0.05, 0.1) is 5.41 Å². The van der Waals surface area contributed by atoms with Crippen LogP contribution in [-0.4, -0.2) is 58.2 Å². The molecule has 0 bridgehead atoms. The highest BCUT2D eigenvalue weighted by molar-refractivity contribution is 6.30. The largest absolute Gasteiger partial charge is 0.480 e. The van der Waals surface area contributed by atoms with E-state index >= 15 is 0 Å². The van der Waals surface area contributed by atoms with Gasteiger partial charge in [-0.2, -0.15) is 0 Å². The number of carbonyl (C=O) groups is 5. The summed E-state index contributed by atoms with van der Waals surface area (Å²) in [6, 6.07) is 21.6. The van der Waals surface area contributed by atoms with Crippen molar-refractivity contribution in [2.24, 2.45) is 5.41 Å². The van der Waals surface area contributed by atoms with Crippen LogP contribution < -0.4 is 15.5 Å². The van der Waals surface area contributed by atoms with Gasteiger partial charge in [0.2, 0.25) is 17.7 Å². The zero-order valence-corrected chi connectivity index (χ0v) is 27.9. The third-order valence-electron chi connectivity index (χ3n) is 9.45. The lowest BCUT2D eigenvalue weighted by Crippen LogP contribution is -2.49. The molecule has 0 spiro atoms. The third-order valence-corrected chi connectivity index (χ3v) is 9.70. The summed E-state index contributed by atoms with van der Waals surface area (Å²) >= 11 is 6.09. The smallest absolute Gasteiger partial charge is 0.326 e. The van der Waals surface area contributed by atoms with Crippen molar-refractivity contribution in [3.8, 4) is 0 Å². The summed E-state index contributed by atoms with van der Waals surface area (Å²) in [6.45, 7) is 3.23. The Morgan fingerprint density at radius 1 is 0.917 bits per heavy atom. The summed E-state index contributed by atoms with van der Waals surface area (Å²) in [7, 11) is 0. The molecule has 1 aliphatic carbocycles. The van der Waals surface area contributed by atoms with Gasteiger partial charge in [-0.15, -0.1) is 0 Å². The molecule has 1 heterocycles. The zero-order chi connectivity index (χ0) is 34.4. The molecule has 3 atom stereocenters. The van der Waals surface area contributed by atoms with Gasteiger partial charge in [-0.1, -0.05) is 79.0 Å². The zero-order valence-electron chi connectivity index (χ0n) is 27.2. The van der Waals surface area contributed by atoms with E-state index in [-0.39, 0.29) is 30.0 Å². The number of carbonyl (C=O) groups excluding carboxylic acids is 4. The maximum Gasteiger partial charge on any atom is 0.326 e. The van der Waals surface area contributed by atoms with Crippen molar-refractivity contribution in [2.45, 2.75) is 77.0 Å². The van der Waals surface area contributed by atoms with Crippen molar-refractivity contribution >= 4 is 46.9 Å². The Balaban J connectivity index is 1.38. The monoisotopic (exact) mass is 672 g/mol. The number of anilines is 1. The Kier molecular flexibility index (Phi) is 10.8. The molecule has 0 aromatic heterocycles. The number of nitrogens with one attached hydrogen (secondary N) is 2. The van der Waals surface area contributed by atoms with E-state index in [1.54, 1.807) is 46.2 Å². The van der Waals surface area contributed by atoms with Gasteiger partial charge in [-0.3, -0.25) is 24.1 Å². The van der Waals surface area contributed by atoms with Crippen molar-refractivity contribution in [3.05, 3.63) is 101 Å². The van der Waals surface area contributed by atoms with E-state index in [0.717, 1.165) is 24.0 Å². The third kappa shape index (κ3) is 7.71. The molecule has 11 heteroatoms. The Hall–Kier alpha value is -4.70. The van der Waals surface area contributed by atoms with Crippen LogP contribution in [0, 0.1) is 5.41 Å². The number of hydrogen-bond acceptors (Lipinski definition) is 5. The van der Waals surface area contributed by atoms with E-state index < -0.39 is 29.6 Å². The molecule has 2 aliphatic rings. The predicted molar refractivity (Wildman–Crippen MR) is 182 cm³/mol. The van der Waals surface area contributed by atoms with Gasteiger partial charge in [0.15, 0.2) is 0 Å². The number of rotatable bonds is 12. The lowest BCUT2D eigenvalue weighted by atomic mass is 9.81. The Morgan fingerprint density at radius 3 is 2.12 bits per heavy atom. The Labute approximate surface area is 285 Å². The summed E-state index contributed by atoms with van der Waals surface area (Å²) in [5.41, 5.74) is 2.14. The van der Waals surface area contributed by atoms with Gasteiger partial charge in [-0.25, -0.2) is 4.79 Å². The first-order chi connectivity index (χ1) is 23.0. The molecule has 10 nitrogen and oxygen atoms in total. The molecule has 1 saturated heterocycles. The molecule has 3 aromatic rings. The van der Waals surface area contributed by atoms with E-state index in [1.165, 1.54) is 13.8 Å². The van der Waals surface area contributed by atoms with Gasteiger partial charge in [0.25, 0.3) is 5.91 Å². The van der Waals surface area contributed by atoms with Crippen molar-refractivity contribution in [3.63, 3.8) is 0 Å². The number of nitrogens with zero attached hydrogens (tertiary/aromatic N) is 2. The molecule has 0 radical (unpaired) electrons. The molecule has 1 aliphatic heterocycles. The molecule has 4 amide bonds. The molecule has 5 rings (SSSR count). The fourth-order valence-corrected chi connectivity index (χ4v) is 7.11. The lowest BCUT2D eigenvalue weighted by Gasteiger charge is -2.31. The minimum Gasteiger partial charge on any atom is -0.480 e. The van der Waals surface area contributed by atoms with Crippen LogP contribution in [0.5, 0.6) is 0 Å². The van der Waals surface area contributed by atoms with Gasteiger partial charge < -0.3 is 20.6 Å². The van der Waals surface area contributed by atoms with Crippen molar-refractivity contribution < 1.29 is 29.1 Å². The van der Waals surface area contributed by atoms with Crippen LogP contribution in [0.1, 0.15) is 68.8 Å². The SMILES string of the molecule is CC(=O)NCCC1(C(=O)NC(Cc2ccc(N3C(=O)C(Cc4ccc(Cl)cc4)N(C(C)=O)C3c3ccccc3)cc2)C(=O)O)CCCC1. The Morgan fingerprint density at radius 2 is 1.54 bits per heavy atom. The van der Waals surface area contributed by atoms with Crippen LogP contribution in [-0.2, 0) is 36.8 Å². The molecule has 3 unspecified atom stereocenters. The van der Waals surface area contributed by atoms with Gasteiger partial charge in [-0.05, 0) is 60.2 Å². The standard InChI is InChI=1S/C37H41ClN4O6/c1-24(43)39-21-20-37(18-6-7-19-37)36(48)40-31(35(46)47)22-26-12-16-30(17-13-26)42-33(28-8-4-3-5-9-28)41(25(2)44)32(34(42)45)23-27-10-14-29(38)15-11-27/h3-5,8-17,31-33H,6-7,18-23H2,1-2H3,(H,39,43)(H,40,48)(H,46,47). The second-order valence-corrected chi connectivity index (χ2v) is 13.2. The summed E-state index contributed by atoms with van der Waals surface area (Å²) in [5.74, 6) is -2.11. The maximum atomic E-state index is 14.2. The van der Waals surface area contributed by atoms with Gasteiger partial charge in [0.1, 0.15) is 18.2 Å². The molecule has 3 N–H and O–H groups in total. The highest BCUT2D eigenvalue weighted by Crippen LogP contribution is 2.42. The average Bonchev–Trinajstić information content (AvgIpc) is 3.66. The molecule has 2 fully saturated rings. The number of hydrogen-bond donors (Lipinski definition) is 3. The van der Waals surface area contributed by atoms with E-state index in [4.69, 9.17) is 11.6 Å². The van der Waals surface area contributed by atoms with Crippen LogP contribution in [0.25, 0.3) is 0 Å². The first-order valence-corrected chi connectivity index (χ1v) is 16.7. The number of benzene rings is 3. The molecular formula is C37H41ClN4O6. The highest BCUT2D eigenvalue weighted by Gasteiger charge is 2.48. The van der Waals surface area contributed by atoms with Gasteiger partial charge >= 0.3 is 5.97 Å². The number of aliphatic carboxylic acids is 1. The quantitative estimate of drug-likeness (QED) is 0.247. The fraction of sp³-hybridized carbons (Fsp3) is 0.378. The molecule has 252 valence electrons. The minimum atomic E-state index is -1.16. The van der Waals surface area contributed by atoms with Crippen LogP contribution >= 0.6 is 11.6 Å². The van der Waals surface area contributed by atoms with Crippen LogP contribution in [0.15, 0.2) is 78.9 Å². The number of halogens is 1. The second kappa shape index (κ2) is 15.0. The summed E-state index contributed by atoms with van der Waals surface area (Å²) in [4.78, 5) is 67.8. The Bertz CT molecular complexity index is 1640. The summed E-state index contributed by atoms with van der Waals surface area (Å²) < 4.78 is 0.